The average Bonchev–Trinajstić information content (AvgIpc) is 3.39. The zero-order chi connectivity index (χ0) is 31.6. The van der Waals surface area contributed by atoms with Gasteiger partial charge in [0.15, 0.2) is 0 Å². The maximum Gasteiger partial charge on any atom is 0.230 e. The summed E-state index contributed by atoms with van der Waals surface area (Å²) in [5, 5.41) is 12.0. The maximum atomic E-state index is 10.8. The smallest absolute Gasteiger partial charge is 0.230 e. The molecule has 0 aliphatic carbocycles. The van der Waals surface area contributed by atoms with Crippen LogP contribution in [0.5, 0.6) is 5.75 Å². The third-order valence-corrected chi connectivity index (χ3v) is 8.58. The van der Waals surface area contributed by atoms with E-state index in [1.807, 2.05) is 18.3 Å². The molecule has 0 radical (unpaired) electrons. The number of aromatic nitrogens is 2. The Bertz CT molecular complexity index is 2040. The second kappa shape index (κ2) is 11.9. The summed E-state index contributed by atoms with van der Waals surface area (Å²) < 4.78 is 6.40. The van der Waals surface area contributed by atoms with Crippen LogP contribution in [0.1, 0.15) is 83.6 Å². The van der Waals surface area contributed by atoms with Gasteiger partial charge in [0.2, 0.25) is 5.89 Å². The summed E-state index contributed by atoms with van der Waals surface area (Å²) in [4.78, 5) is 9.82. The molecule has 0 spiro atoms. The zero-order valence-corrected chi connectivity index (χ0v) is 29.8. The number of nitrogens with zero attached hydrogens (tertiary/aromatic N) is 2. The van der Waals surface area contributed by atoms with E-state index >= 15 is 0 Å². The molecule has 0 bridgehead atoms. The largest absolute Gasteiger partial charge is 0.507 e. The second-order valence-corrected chi connectivity index (χ2v) is 14.3. The molecule has 0 saturated carbocycles. The van der Waals surface area contributed by atoms with E-state index in [1.54, 1.807) is 6.07 Å². The van der Waals surface area contributed by atoms with Gasteiger partial charge < -0.3 is 9.52 Å². The minimum Gasteiger partial charge on any atom is -0.507 e. The quantitative estimate of drug-likeness (QED) is 0.181. The van der Waals surface area contributed by atoms with Gasteiger partial charge in [-0.1, -0.05) is 90.8 Å². The molecule has 0 amide bonds. The second-order valence-electron chi connectivity index (χ2n) is 14.3. The van der Waals surface area contributed by atoms with Crippen molar-refractivity contribution in [2.45, 2.75) is 79.1 Å². The Balaban J connectivity index is 0.00000400. The van der Waals surface area contributed by atoms with Crippen LogP contribution in [0.4, 0.5) is 0 Å². The van der Waals surface area contributed by atoms with Crippen LogP contribution in [0.15, 0.2) is 77.3 Å². The predicted molar refractivity (Wildman–Crippen MR) is 182 cm³/mol. The molecular weight excluding hydrogens is 736 g/mol. The van der Waals surface area contributed by atoms with Crippen molar-refractivity contribution in [3.05, 3.63) is 101 Å². The zero-order valence-electron chi connectivity index (χ0n) is 27.6. The first-order valence-corrected chi connectivity index (χ1v) is 15.4. The number of aryl methyl sites for hydroxylation is 1. The summed E-state index contributed by atoms with van der Waals surface area (Å²) in [5.41, 5.74) is 11.6. The van der Waals surface area contributed by atoms with Gasteiger partial charge in [0.25, 0.3) is 0 Å². The van der Waals surface area contributed by atoms with Crippen molar-refractivity contribution in [3.63, 3.8) is 0 Å². The molecule has 0 unspecified atom stereocenters. The van der Waals surface area contributed by atoms with Crippen molar-refractivity contribution >= 4 is 22.0 Å². The van der Waals surface area contributed by atoms with Gasteiger partial charge in [-0.3, -0.25) is 4.98 Å². The summed E-state index contributed by atoms with van der Waals surface area (Å²) in [6.07, 6.45) is 1.89. The predicted octanol–water partition coefficient (Wildman–Crippen LogP) is 10.9. The Kier molecular flexibility index (Phi) is 8.61. The Morgan fingerprint density at radius 3 is 2.04 bits per heavy atom. The number of aromatic hydroxyl groups is 1. The van der Waals surface area contributed by atoms with Gasteiger partial charge in [0.1, 0.15) is 11.3 Å². The average molecular weight is 777 g/mol. The van der Waals surface area contributed by atoms with E-state index in [-0.39, 0.29) is 43.6 Å². The van der Waals surface area contributed by atoms with Crippen LogP contribution in [0.2, 0.25) is 0 Å². The van der Waals surface area contributed by atoms with Crippen LogP contribution in [0, 0.1) is 13.0 Å². The Hall–Kier alpha value is -3.75. The van der Waals surface area contributed by atoms with Crippen LogP contribution in [0.3, 0.4) is 0 Å². The number of phenolic OH excluding ortho intramolecular Hbond substituents is 1. The molecule has 2 aromatic heterocycles. The summed E-state index contributed by atoms with van der Waals surface area (Å²) in [7, 11) is 0. The van der Waals surface area contributed by atoms with Gasteiger partial charge in [-0.25, -0.2) is 4.98 Å². The first kappa shape index (κ1) is 32.6. The molecule has 5 heteroatoms. The molecule has 1 N–H and O–H groups in total. The van der Waals surface area contributed by atoms with Crippen molar-refractivity contribution < 1.29 is 30.6 Å². The first-order valence-electron chi connectivity index (χ1n) is 15.4. The number of hydrogen-bond acceptors (Lipinski definition) is 4. The summed E-state index contributed by atoms with van der Waals surface area (Å²) in [6, 6.07) is 26.6. The van der Waals surface area contributed by atoms with E-state index < -0.39 is 0 Å². The molecule has 6 aromatic rings. The van der Waals surface area contributed by atoms with Crippen molar-refractivity contribution in [2.24, 2.45) is 0 Å². The molecular formula is C40H41N2O2Pt-. The van der Waals surface area contributed by atoms with E-state index in [9.17, 15) is 5.11 Å². The molecule has 4 nitrogen and oxygen atoms in total. The molecule has 4 aromatic carbocycles. The van der Waals surface area contributed by atoms with E-state index in [1.165, 1.54) is 11.1 Å². The number of benzene rings is 4. The summed E-state index contributed by atoms with van der Waals surface area (Å²) >= 11 is 0. The first-order chi connectivity index (χ1) is 20.7. The number of pyridine rings is 1. The fraction of sp³-hybridized carbons (Fsp3) is 0.300. The van der Waals surface area contributed by atoms with E-state index in [4.69, 9.17) is 14.4 Å². The van der Waals surface area contributed by atoms with E-state index in [0.29, 0.717) is 17.0 Å². The number of fused-ring (bicyclic) bond motifs is 2. The molecule has 6 rings (SSSR count). The molecule has 0 fully saturated rings. The minimum atomic E-state index is -0.0816. The van der Waals surface area contributed by atoms with Gasteiger partial charge >= 0.3 is 0 Å². The monoisotopic (exact) mass is 776 g/mol. The van der Waals surface area contributed by atoms with Crippen LogP contribution >= 0.6 is 0 Å². The van der Waals surface area contributed by atoms with Crippen molar-refractivity contribution in [2.75, 3.05) is 0 Å². The van der Waals surface area contributed by atoms with Crippen LogP contribution in [-0.4, -0.2) is 15.1 Å². The summed E-state index contributed by atoms with van der Waals surface area (Å²) in [6.45, 7) is 19.7. The topological polar surface area (TPSA) is 59.2 Å². The Labute approximate surface area is 281 Å². The molecule has 0 atom stereocenters. The number of oxazole rings is 1. The van der Waals surface area contributed by atoms with Gasteiger partial charge in [0.05, 0.1) is 11.1 Å². The third kappa shape index (κ3) is 6.23. The van der Waals surface area contributed by atoms with Gasteiger partial charge in [0, 0.05) is 32.8 Å². The molecule has 0 saturated heterocycles. The number of phenols is 1. The van der Waals surface area contributed by atoms with Gasteiger partial charge in [-0.2, -0.15) is 0 Å². The number of rotatable bonds is 4. The molecule has 0 aliphatic heterocycles. The third-order valence-electron chi connectivity index (χ3n) is 8.58. The SMILES string of the molecule is Cc1ccnc2c(-c3[c-]c(-c4cc(C(C)C)cc5oc(-c6cc(C(C)(C)C)ccc6O)nc45)ccc3)cc(C(C)(C)C)cc12.[Pt]. The molecule has 0 aliphatic rings. The van der Waals surface area contributed by atoms with Crippen LogP contribution in [0.25, 0.3) is 55.7 Å². The van der Waals surface area contributed by atoms with Crippen molar-refractivity contribution in [1.82, 2.24) is 9.97 Å². The number of hydrogen-bond donors (Lipinski definition) is 1. The van der Waals surface area contributed by atoms with E-state index in [0.717, 1.165) is 49.8 Å². The van der Waals surface area contributed by atoms with Crippen molar-refractivity contribution in [3.8, 4) is 39.5 Å². The van der Waals surface area contributed by atoms with E-state index in [2.05, 4.69) is 117 Å². The van der Waals surface area contributed by atoms with Crippen molar-refractivity contribution in [1.29, 1.82) is 0 Å². The van der Waals surface area contributed by atoms with Crippen LogP contribution in [-0.2, 0) is 31.9 Å². The Morgan fingerprint density at radius 2 is 1.40 bits per heavy atom. The fourth-order valence-electron chi connectivity index (χ4n) is 5.69. The van der Waals surface area contributed by atoms with Gasteiger partial charge in [-0.05, 0) is 75.6 Å². The molecule has 234 valence electrons. The normalized spacial score (nSPS) is 12.2. The Morgan fingerprint density at radius 1 is 0.756 bits per heavy atom. The molecule has 2 heterocycles. The fourth-order valence-corrected chi connectivity index (χ4v) is 5.69. The van der Waals surface area contributed by atoms with Gasteiger partial charge in [-0.15, -0.1) is 35.4 Å². The molecule has 45 heavy (non-hydrogen) atoms. The summed E-state index contributed by atoms with van der Waals surface area (Å²) in [5.74, 6) is 0.842. The van der Waals surface area contributed by atoms with Crippen LogP contribution < -0.4 is 0 Å². The maximum absolute atomic E-state index is 10.8. The standard InChI is InChI=1S/C40H41N2O2.Pt/c1-23(2)27-18-31(37-35(19-27)44-38(42-37)33-20-28(39(4,5)6)13-14-34(33)43)25-11-10-12-26(17-25)32-22-29(40(7,8)9)21-30-24(3)15-16-41-36(30)32;/h10-16,18-23,43H,1-9H3;/q-1;. The minimum absolute atomic E-state index is 0.